The largest absolute Gasteiger partial charge is 0.497 e. The van der Waals surface area contributed by atoms with Gasteiger partial charge in [0.2, 0.25) is 11.8 Å². The molecular formula is C19H30N4O3. The molecule has 1 aromatic rings. The minimum atomic E-state index is -0.189. The molecule has 0 unspecified atom stereocenters. The molecular weight excluding hydrogens is 332 g/mol. The zero-order valence-corrected chi connectivity index (χ0v) is 16.0. The SMILES string of the molecule is COc1ccc(N2CCN(C(=O)CC(=O)NCCCN(C)C)CC2)cc1. The van der Waals surface area contributed by atoms with Gasteiger partial charge >= 0.3 is 0 Å². The first-order valence-electron chi connectivity index (χ1n) is 9.08. The third-order valence-corrected chi connectivity index (χ3v) is 4.49. The summed E-state index contributed by atoms with van der Waals surface area (Å²) in [6.07, 6.45) is 0.817. The average molecular weight is 362 g/mol. The molecule has 0 bridgehead atoms. The minimum absolute atomic E-state index is 0.0650. The molecule has 0 atom stereocenters. The summed E-state index contributed by atoms with van der Waals surface area (Å²) in [5.41, 5.74) is 1.12. The van der Waals surface area contributed by atoms with Crippen LogP contribution >= 0.6 is 0 Å². The van der Waals surface area contributed by atoms with Crippen molar-refractivity contribution in [1.29, 1.82) is 0 Å². The van der Waals surface area contributed by atoms with E-state index in [9.17, 15) is 9.59 Å². The molecule has 1 aliphatic rings. The van der Waals surface area contributed by atoms with Crippen molar-refractivity contribution in [3.05, 3.63) is 24.3 Å². The van der Waals surface area contributed by atoms with Crippen molar-refractivity contribution in [2.45, 2.75) is 12.8 Å². The van der Waals surface area contributed by atoms with Gasteiger partial charge in [0.25, 0.3) is 0 Å². The van der Waals surface area contributed by atoms with E-state index in [0.29, 0.717) is 19.6 Å². The Morgan fingerprint density at radius 3 is 2.35 bits per heavy atom. The van der Waals surface area contributed by atoms with Crippen LogP contribution in [0.3, 0.4) is 0 Å². The molecule has 2 amide bonds. The van der Waals surface area contributed by atoms with Crippen molar-refractivity contribution < 1.29 is 14.3 Å². The Morgan fingerprint density at radius 2 is 1.77 bits per heavy atom. The summed E-state index contributed by atoms with van der Waals surface area (Å²) in [4.78, 5) is 30.3. The van der Waals surface area contributed by atoms with Gasteiger partial charge in [-0.05, 0) is 51.3 Å². The topological polar surface area (TPSA) is 65.1 Å². The summed E-state index contributed by atoms with van der Waals surface area (Å²) in [6, 6.07) is 7.93. The van der Waals surface area contributed by atoms with E-state index in [-0.39, 0.29) is 18.2 Å². The van der Waals surface area contributed by atoms with E-state index < -0.39 is 0 Å². The Kier molecular flexibility index (Phi) is 7.72. The molecule has 144 valence electrons. The van der Waals surface area contributed by atoms with E-state index in [1.807, 2.05) is 38.4 Å². The van der Waals surface area contributed by atoms with Crippen LogP contribution in [0, 0.1) is 0 Å². The molecule has 26 heavy (non-hydrogen) atoms. The second-order valence-electron chi connectivity index (χ2n) is 6.75. The van der Waals surface area contributed by atoms with E-state index in [1.165, 1.54) is 0 Å². The number of ether oxygens (including phenoxy) is 1. The Bertz CT molecular complexity index is 581. The van der Waals surface area contributed by atoms with Crippen molar-refractivity contribution in [3.63, 3.8) is 0 Å². The van der Waals surface area contributed by atoms with Crippen molar-refractivity contribution in [3.8, 4) is 5.75 Å². The number of hydrogen-bond donors (Lipinski definition) is 1. The standard InChI is InChI=1S/C19H30N4O3/c1-21(2)10-4-9-20-18(24)15-19(25)23-13-11-22(12-14-23)16-5-7-17(26-3)8-6-16/h5-8H,4,9-15H2,1-3H3,(H,20,24). The van der Waals surface area contributed by atoms with Crippen LogP contribution in [0.2, 0.25) is 0 Å². The lowest BCUT2D eigenvalue weighted by atomic mass is 10.2. The van der Waals surface area contributed by atoms with Gasteiger partial charge in [-0.2, -0.15) is 0 Å². The zero-order valence-electron chi connectivity index (χ0n) is 16.0. The Labute approximate surface area is 155 Å². The van der Waals surface area contributed by atoms with Gasteiger partial charge in [-0.25, -0.2) is 0 Å². The number of anilines is 1. The van der Waals surface area contributed by atoms with Crippen LogP contribution in [0.4, 0.5) is 5.69 Å². The predicted octanol–water partition coefficient (Wildman–Crippen LogP) is 0.802. The van der Waals surface area contributed by atoms with E-state index in [2.05, 4.69) is 15.1 Å². The molecule has 0 aliphatic carbocycles. The number of carbonyl (C=O) groups excluding carboxylic acids is 2. The molecule has 0 saturated carbocycles. The molecule has 1 N–H and O–H groups in total. The highest BCUT2D eigenvalue weighted by atomic mass is 16.5. The number of hydrogen-bond acceptors (Lipinski definition) is 5. The van der Waals surface area contributed by atoms with Gasteiger partial charge < -0.3 is 24.8 Å². The second kappa shape index (κ2) is 10.0. The van der Waals surface area contributed by atoms with Gasteiger partial charge in [-0.1, -0.05) is 0 Å². The van der Waals surface area contributed by atoms with Crippen LogP contribution in [-0.2, 0) is 9.59 Å². The number of carbonyl (C=O) groups is 2. The fourth-order valence-corrected chi connectivity index (χ4v) is 2.94. The predicted molar refractivity (Wildman–Crippen MR) is 103 cm³/mol. The molecule has 0 radical (unpaired) electrons. The summed E-state index contributed by atoms with van der Waals surface area (Å²) in [5.74, 6) is 0.551. The van der Waals surface area contributed by atoms with Gasteiger partial charge in [0.05, 0.1) is 7.11 Å². The molecule has 0 aromatic heterocycles. The molecule has 1 aromatic carbocycles. The maximum atomic E-state index is 12.3. The van der Waals surface area contributed by atoms with E-state index >= 15 is 0 Å². The first kappa shape index (κ1) is 20.0. The Balaban J connectivity index is 1.71. The molecule has 1 aliphatic heterocycles. The third-order valence-electron chi connectivity index (χ3n) is 4.49. The number of methoxy groups -OCH3 is 1. The van der Waals surface area contributed by atoms with Gasteiger partial charge in [0.15, 0.2) is 0 Å². The van der Waals surface area contributed by atoms with Gasteiger partial charge in [0.1, 0.15) is 12.2 Å². The lowest BCUT2D eigenvalue weighted by Gasteiger charge is -2.36. The summed E-state index contributed by atoms with van der Waals surface area (Å²) >= 11 is 0. The third kappa shape index (κ3) is 6.22. The summed E-state index contributed by atoms with van der Waals surface area (Å²) in [6.45, 7) is 4.33. The highest BCUT2D eigenvalue weighted by molar-refractivity contribution is 5.96. The first-order chi connectivity index (χ1) is 12.5. The molecule has 7 heteroatoms. The van der Waals surface area contributed by atoms with Crippen LogP contribution < -0.4 is 15.0 Å². The lowest BCUT2D eigenvalue weighted by molar-refractivity contribution is -0.136. The maximum absolute atomic E-state index is 12.3. The molecule has 1 fully saturated rings. The summed E-state index contributed by atoms with van der Waals surface area (Å²) in [5, 5.41) is 2.82. The van der Waals surface area contributed by atoms with E-state index in [0.717, 1.165) is 37.5 Å². The van der Waals surface area contributed by atoms with Crippen molar-refractivity contribution in [1.82, 2.24) is 15.1 Å². The lowest BCUT2D eigenvalue weighted by Crippen LogP contribution is -2.49. The smallest absolute Gasteiger partial charge is 0.232 e. The van der Waals surface area contributed by atoms with Gasteiger partial charge in [-0.3, -0.25) is 9.59 Å². The number of amides is 2. The average Bonchev–Trinajstić information content (AvgIpc) is 2.65. The van der Waals surface area contributed by atoms with Crippen LogP contribution in [-0.4, -0.2) is 82.1 Å². The zero-order chi connectivity index (χ0) is 18.9. The van der Waals surface area contributed by atoms with Crippen LogP contribution in [0.25, 0.3) is 0 Å². The first-order valence-corrected chi connectivity index (χ1v) is 9.08. The number of benzene rings is 1. The fourth-order valence-electron chi connectivity index (χ4n) is 2.94. The number of rotatable bonds is 8. The maximum Gasteiger partial charge on any atom is 0.232 e. The number of piperazine rings is 1. The summed E-state index contributed by atoms with van der Waals surface area (Å²) in [7, 11) is 5.64. The van der Waals surface area contributed by atoms with Crippen molar-refractivity contribution >= 4 is 17.5 Å². The normalized spacial score (nSPS) is 14.5. The molecule has 2 rings (SSSR count). The number of nitrogens with one attached hydrogen (secondary N) is 1. The minimum Gasteiger partial charge on any atom is -0.497 e. The van der Waals surface area contributed by atoms with Crippen LogP contribution in [0.15, 0.2) is 24.3 Å². The van der Waals surface area contributed by atoms with E-state index in [4.69, 9.17) is 4.74 Å². The molecule has 7 nitrogen and oxygen atoms in total. The number of nitrogens with zero attached hydrogens (tertiary/aromatic N) is 3. The Morgan fingerprint density at radius 1 is 1.12 bits per heavy atom. The quantitative estimate of drug-likeness (QED) is 0.547. The van der Waals surface area contributed by atoms with Crippen molar-refractivity contribution in [2.75, 3.05) is 65.4 Å². The highest BCUT2D eigenvalue weighted by Gasteiger charge is 2.22. The van der Waals surface area contributed by atoms with Gasteiger partial charge in [-0.15, -0.1) is 0 Å². The summed E-state index contributed by atoms with van der Waals surface area (Å²) < 4.78 is 5.18. The highest BCUT2D eigenvalue weighted by Crippen LogP contribution is 2.20. The molecule has 1 saturated heterocycles. The van der Waals surface area contributed by atoms with E-state index in [1.54, 1.807) is 12.0 Å². The van der Waals surface area contributed by atoms with Gasteiger partial charge in [0, 0.05) is 38.4 Å². The Hall–Kier alpha value is -2.28. The van der Waals surface area contributed by atoms with Crippen LogP contribution in [0.1, 0.15) is 12.8 Å². The monoisotopic (exact) mass is 362 g/mol. The van der Waals surface area contributed by atoms with Crippen LogP contribution in [0.5, 0.6) is 5.75 Å². The second-order valence-corrected chi connectivity index (χ2v) is 6.75. The fraction of sp³-hybridized carbons (Fsp3) is 0.579. The molecule has 1 heterocycles. The van der Waals surface area contributed by atoms with Crippen molar-refractivity contribution in [2.24, 2.45) is 0 Å². The molecule has 0 spiro atoms.